The first-order valence-electron chi connectivity index (χ1n) is 12.5. The predicted molar refractivity (Wildman–Crippen MR) is 134 cm³/mol. The van der Waals surface area contributed by atoms with E-state index in [0.29, 0.717) is 6.42 Å². The normalized spacial score (nSPS) is 15.7. The third-order valence-electron chi connectivity index (χ3n) is 6.01. The zero-order valence-corrected chi connectivity index (χ0v) is 20.7. The van der Waals surface area contributed by atoms with E-state index in [4.69, 9.17) is 0 Å². The monoisotopic (exact) mass is 477 g/mol. The van der Waals surface area contributed by atoms with E-state index in [1.807, 2.05) is 0 Å². The molecule has 1 N–H and O–H groups in total. The number of nitro groups is 1. The topological polar surface area (TPSA) is 92.6 Å². The lowest BCUT2D eigenvalue weighted by Gasteiger charge is -2.24. The van der Waals surface area contributed by atoms with Gasteiger partial charge >= 0.3 is 0 Å². The largest absolute Gasteiger partial charge is 0.273 e. The summed E-state index contributed by atoms with van der Waals surface area (Å²) >= 11 is 1.41. The molecule has 1 aliphatic heterocycles. The van der Waals surface area contributed by atoms with Crippen molar-refractivity contribution in [3.63, 3.8) is 0 Å². The zero-order chi connectivity index (χ0) is 23.9. The number of rotatable bonds is 17. The van der Waals surface area contributed by atoms with Crippen molar-refractivity contribution in [2.24, 2.45) is 0 Å². The number of carbonyl (C=O) groups is 2. The molecule has 1 aromatic carbocycles. The molecule has 0 saturated carbocycles. The van der Waals surface area contributed by atoms with Crippen LogP contribution in [0.3, 0.4) is 0 Å². The summed E-state index contributed by atoms with van der Waals surface area (Å²) in [5, 5.41) is 11.9. The summed E-state index contributed by atoms with van der Waals surface area (Å²) in [6.07, 6.45) is 16.7. The van der Waals surface area contributed by atoms with E-state index in [9.17, 15) is 19.7 Å². The Bertz CT molecular complexity index is 742. The van der Waals surface area contributed by atoms with Crippen LogP contribution in [0.2, 0.25) is 0 Å². The highest BCUT2D eigenvalue weighted by molar-refractivity contribution is 8.00. The van der Waals surface area contributed by atoms with Crippen LogP contribution in [-0.4, -0.2) is 27.5 Å². The van der Waals surface area contributed by atoms with Gasteiger partial charge in [-0.15, -0.1) is 11.8 Å². The minimum Gasteiger partial charge on any atom is -0.273 e. The molecule has 184 valence electrons. The smallest absolute Gasteiger partial charge is 0.269 e. The number of non-ortho nitro benzene ring substituents is 1. The highest BCUT2D eigenvalue weighted by atomic mass is 32.2. The summed E-state index contributed by atoms with van der Waals surface area (Å²) in [6.45, 7) is 2.25. The van der Waals surface area contributed by atoms with Crippen molar-refractivity contribution >= 4 is 29.3 Å². The lowest BCUT2D eigenvalue weighted by atomic mass is 10.0. The number of hydrazine groups is 1. The fourth-order valence-corrected chi connectivity index (χ4v) is 5.15. The van der Waals surface area contributed by atoms with Crippen LogP contribution >= 0.6 is 11.8 Å². The number of unbranched alkanes of at least 4 members (excludes halogenated alkanes) is 12. The fraction of sp³-hybridized carbons (Fsp3) is 0.680. The van der Waals surface area contributed by atoms with E-state index in [1.165, 1.54) is 93.1 Å². The van der Waals surface area contributed by atoms with E-state index in [0.717, 1.165) is 24.8 Å². The maximum absolute atomic E-state index is 12.4. The van der Waals surface area contributed by atoms with Crippen LogP contribution in [0.25, 0.3) is 0 Å². The van der Waals surface area contributed by atoms with Gasteiger partial charge in [-0.25, -0.2) is 5.01 Å². The highest BCUT2D eigenvalue weighted by Crippen LogP contribution is 2.37. The van der Waals surface area contributed by atoms with E-state index in [-0.39, 0.29) is 28.6 Å². The number of thioether (sulfide) groups is 1. The number of hydrogen-bond donors (Lipinski definition) is 1. The first-order chi connectivity index (χ1) is 16.0. The second-order valence-electron chi connectivity index (χ2n) is 8.80. The summed E-state index contributed by atoms with van der Waals surface area (Å²) in [5.74, 6) is -0.0244. The Morgan fingerprint density at radius 1 is 0.970 bits per heavy atom. The van der Waals surface area contributed by atoms with Gasteiger partial charge in [0, 0.05) is 18.6 Å². The number of benzene rings is 1. The van der Waals surface area contributed by atoms with Gasteiger partial charge in [-0.2, -0.15) is 0 Å². The Morgan fingerprint density at radius 2 is 1.48 bits per heavy atom. The lowest BCUT2D eigenvalue weighted by Crippen LogP contribution is -2.44. The molecule has 0 radical (unpaired) electrons. The molecule has 1 heterocycles. The second-order valence-corrected chi connectivity index (χ2v) is 9.87. The highest BCUT2D eigenvalue weighted by Gasteiger charge is 2.34. The van der Waals surface area contributed by atoms with Gasteiger partial charge in [0.1, 0.15) is 5.37 Å². The number of nitrogens with zero attached hydrogens (tertiary/aromatic N) is 2. The van der Waals surface area contributed by atoms with Crippen LogP contribution in [0.5, 0.6) is 0 Å². The van der Waals surface area contributed by atoms with Gasteiger partial charge < -0.3 is 0 Å². The number of carbonyl (C=O) groups excluding carboxylic acids is 2. The van der Waals surface area contributed by atoms with Crippen LogP contribution in [0.15, 0.2) is 24.3 Å². The lowest BCUT2D eigenvalue weighted by molar-refractivity contribution is -0.384. The van der Waals surface area contributed by atoms with E-state index in [2.05, 4.69) is 12.3 Å². The third-order valence-corrected chi connectivity index (χ3v) is 7.22. The van der Waals surface area contributed by atoms with E-state index in [1.54, 1.807) is 12.1 Å². The maximum atomic E-state index is 12.4. The molecule has 1 unspecified atom stereocenters. The van der Waals surface area contributed by atoms with Gasteiger partial charge in [0.25, 0.3) is 11.6 Å². The van der Waals surface area contributed by atoms with Gasteiger partial charge in [-0.05, 0) is 24.1 Å². The first-order valence-corrected chi connectivity index (χ1v) is 13.5. The van der Waals surface area contributed by atoms with Gasteiger partial charge in [-0.1, -0.05) is 84.0 Å². The Morgan fingerprint density at radius 3 is 2.00 bits per heavy atom. The minimum absolute atomic E-state index is 0.00562. The van der Waals surface area contributed by atoms with Crippen molar-refractivity contribution in [3.05, 3.63) is 39.9 Å². The summed E-state index contributed by atoms with van der Waals surface area (Å²) in [4.78, 5) is 35.0. The third kappa shape index (κ3) is 10.2. The number of amides is 2. The van der Waals surface area contributed by atoms with Crippen LogP contribution in [0.1, 0.15) is 108 Å². The molecular formula is C25H39N3O4S. The van der Waals surface area contributed by atoms with Crippen LogP contribution in [0.4, 0.5) is 5.69 Å². The minimum atomic E-state index is -0.453. The molecule has 7 nitrogen and oxygen atoms in total. The van der Waals surface area contributed by atoms with Crippen molar-refractivity contribution in [2.45, 2.75) is 102 Å². The van der Waals surface area contributed by atoms with Crippen molar-refractivity contribution in [2.75, 3.05) is 5.75 Å². The van der Waals surface area contributed by atoms with Crippen LogP contribution in [-0.2, 0) is 9.59 Å². The quantitative estimate of drug-likeness (QED) is 0.153. The van der Waals surface area contributed by atoms with Crippen molar-refractivity contribution in [3.8, 4) is 0 Å². The molecule has 0 bridgehead atoms. The molecule has 1 atom stereocenters. The van der Waals surface area contributed by atoms with Gasteiger partial charge in [0.05, 0.1) is 10.7 Å². The van der Waals surface area contributed by atoms with Crippen molar-refractivity contribution in [1.29, 1.82) is 0 Å². The summed E-state index contributed by atoms with van der Waals surface area (Å²) in [5.41, 5.74) is 3.52. The fourth-order valence-electron chi connectivity index (χ4n) is 4.05. The predicted octanol–water partition coefficient (Wildman–Crippen LogP) is 6.68. The standard InChI is InChI=1S/C25H39N3O4S/c1-2-3-4-5-6-7-8-9-10-11-12-13-14-15-23(29)26-27-24(30)20-33-25(27)21-16-18-22(19-17-21)28(31)32/h16-19,25H,2-15,20H2,1H3,(H,26,29). The Hall–Kier alpha value is -2.09. The first kappa shape index (κ1) is 27.2. The van der Waals surface area contributed by atoms with Crippen LogP contribution < -0.4 is 5.43 Å². The molecule has 1 aliphatic rings. The molecule has 0 aromatic heterocycles. The zero-order valence-electron chi connectivity index (χ0n) is 19.9. The SMILES string of the molecule is CCCCCCCCCCCCCCCC(=O)NN1C(=O)CSC1c1ccc([N+](=O)[O-])cc1. The van der Waals surface area contributed by atoms with Gasteiger partial charge in [0.2, 0.25) is 5.91 Å². The number of hydrogen-bond acceptors (Lipinski definition) is 5. The molecule has 33 heavy (non-hydrogen) atoms. The second kappa shape index (κ2) is 15.7. The molecule has 1 aromatic rings. The molecule has 2 rings (SSSR count). The number of nitro benzene ring substituents is 1. The van der Waals surface area contributed by atoms with Gasteiger partial charge in [-0.3, -0.25) is 25.1 Å². The Labute approximate surface area is 202 Å². The summed E-state index contributed by atoms with van der Waals surface area (Å²) in [6, 6.07) is 6.12. The van der Waals surface area contributed by atoms with Crippen molar-refractivity contribution in [1.82, 2.24) is 10.4 Å². The number of nitrogens with one attached hydrogen (secondary N) is 1. The van der Waals surface area contributed by atoms with Crippen molar-refractivity contribution < 1.29 is 14.5 Å². The average Bonchev–Trinajstić information content (AvgIpc) is 3.17. The summed E-state index contributed by atoms with van der Waals surface area (Å²) < 4.78 is 0. The molecule has 2 amide bonds. The Balaban J connectivity index is 1.57. The van der Waals surface area contributed by atoms with Crippen LogP contribution in [0, 0.1) is 10.1 Å². The Kier molecular flexibility index (Phi) is 12.9. The van der Waals surface area contributed by atoms with E-state index >= 15 is 0 Å². The molecule has 0 spiro atoms. The molecule has 1 saturated heterocycles. The molecule has 1 fully saturated rings. The molecule has 8 heteroatoms. The average molecular weight is 478 g/mol. The maximum Gasteiger partial charge on any atom is 0.269 e. The van der Waals surface area contributed by atoms with E-state index < -0.39 is 4.92 Å². The van der Waals surface area contributed by atoms with Gasteiger partial charge in [0.15, 0.2) is 0 Å². The summed E-state index contributed by atoms with van der Waals surface area (Å²) in [7, 11) is 0. The molecule has 0 aliphatic carbocycles. The molecular weight excluding hydrogens is 438 g/mol.